The van der Waals surface area contributed by atoms with Gasteiger partial charge in [0.25, 0.3) is 0 Å². The normalized spacial score (nSPS) is 24.3. The van der Waals surface area contributed by atoms with Gasteiger partial charge in [-0.3, -0.25) is 4.79 Å². The van der Waals surface area contributed by atoms with Gasteiger partial charge in [-0.25, -0.2) is 0 Å². The number of esters is 1. The second kappa shape index (κ2) is 3.37. The molecule has 1 aliphatic rings. The number of hydrogen-bond acceptors (Lipinski definition) is 3. The number of nitrogens with one attached hydrogen (secondary N) is 1. The average molecular weight is 141 g/mol. The molecule has 0 saturated heterocycles. The number of methoxy groups -OCH3 is 1. The van der Waals surface area contributed by atoms with E-state index in [0.717, 1.165) is 6.54 Å². The zero-order chi connectivity index (χ0) is 7.40. The zero-order valence-corrected chi connectivity index (χ0v) is 5.96. The third-order valence-electron chi connectivity index (χ3n) is 1.50. The molecular weight excluding hydrogens is 130 g/mol. The van der Waals surface area contributed by atoms with Gasteiger partial charge in [-0.05, 0) is 0 Å². The van der Waals surface area contributed by atoms with Crippen LogP contribution in [0.25, 0.3) is 0 Å². The average Bonchev–Trinajstić information content (AvgIpc) is 2.05. The third kappa shape index (κ3) is 1.57. The van der Waals surface area contributed by atoms with Crippen LogP contribution in [-0.4, -0.2) is 26.2 Å². The van der Waals surface area contributed by atoms with Gasteiger partial charge < -0.3 is 10.1 Å². The second-order valence-corrected chi connectivity index (χ2v) is 2.22. The molecule has 10 heavy (non-hydrogen) atoms. The summed E-state index contributed by atoms with van der Waals surface area (Å²) < 4.78 is 4.56. The van der Waals surface area contributed by atoms with Gasteiger partial charge in [0, 0.05) is 13.1 Å². The molecule has 3 heteroatoms. The number of carbonyl (C=O) groups excluding carboxylic acids is 1. The van der Waals surface area contributed by atoms with E-state index in [9.17, 15) is 4.79 Å². The summed E-state index contributed by atoms with van der Waals surface area (Å²) in [6, 6.07) is 0. The minimum atomic E-state index is -0.163. The summed E-state index contributed by atoms with van der Waals surface area (Å²) in [7, 11) is 1.41. The van der Waals surface area contributed by atoms with Crippen molar-refractivity contribution >= 4 is 5.97 Å². The van der Waals surface area contributed by atoms with Crippen LogP contribution < -0.4 is 5.32 Å². The smallest absolute Gasteiger partial charge is 0.313 e. The van der Waals surface area contributed by atoms with Crippen molar-refractivity contribution in [3.63, 3.8) is 0 Å². The van der Waals surface area contributed by atoms with E-state index in [0.29, 0.717) is 6.54 Å². The maximum absolute atomic E-state index is 10.9. The summed E-state index contributed by atoms with van der Waals surface area (Å²) >= 11 is 0. The fourth-order valence-corrected chi connectivity index (χ4v) is 0.936. The Bertz CT molecular complexity index is 154. The predicted octanol–water partition coefficient (Wildman–Crippen LogP) is -0.0650. The first-order valence-corrected chi connectivity index (χ1v) is 3.30. The summed E-state index contributed by atoms with van der Waals surface area (Å²) in [5.41, 5.74) is 0. The van der Waals surface area contributed by atoms with E-state index in [1.165, 1.54) is 7.11 Å². The van der Waals surface area contributed by atoms with Crippen LogP contribution >= 0.6 is 0 Å². The number of rotatable bonds is 1. The molecule has 0 fully saturated rings. The highest BCUT2D eigenvalue weighted by Gasteiger charge is 2.16. The fourth-order valence-electron chi connectivity index (χ4n) is 0.936. The first-order chi connectivity index (χ1) is 4.84. The lowest BCUT2D eigenvalue weighted by Crippen LogP contribution is -2.31. The summed E-state index contributed by atoms with van der Waals surface area (Å²) in [4.78, 5) is 10.9. The zero-order valence-electron chi connectivity index (χ0n) is 5.96. The molecule has 1 N–H and O–H groups in total. The third-order valence-corrected chi connectivity index (χ3v) is 1.50. The van der Waals surface area contributed by atoms with Crippen molar-refractivity contribution in [3.8, 4) is 0 Å². The summed E-state index contributed by atoms with van der Waals surface area (Å²) in [6.45, 7) is 1.55. The highest BCUT2D eigenvalue weighted by molar-refractivity contribution is 5.74. The van der Waals surface area contributed by atoms with Crippen molar-refractivity contribution in [2.75, 3.05) is 20.2 Å². The predicted molar refractivity (Wildman–Crippen MR) is 37.5 cm³/mol. The second-order valence-electron chi connectivity index (χ2n) is 2.22. The minimum Gasteiger partial charge on any atom is -0.469 e. The molecule has 0 aliphatic carbocycles. The van der Waals surface area contributed by atoms with E-state index in [-0.39, 0.29) is 11.9 Å². The van der Waals surface area contributed by atoms with Crippen LogP contribution in [0.4, 0.5) is 0 Å². The number of carbonyl (C=O) groups is 1. The number of ether oxygens (including phenoxy) is 1. The molecule has 1 atom stereocenters. The van der Waals surface area contributed by atoms with Gasteiger partial charge in [-0.15, -0.1) is 0 Å². The van der Waals surface area contributed by atoms with Crippen molar-refractivity contribution in [1.82, 2.24) is 5.32 Å². The molecule has 56 valence electrons. The molecule has 0 aromatic heterocycles. The fraction of sp³-hybridized carbons (Fsp3) is 0.571. The van der Waals surface area contributed by atoms with E-state index in [4.69, 9.17) is 0 Å². The molecule has 0 aromatic rings. The monoisotopic (exact) mass is 141 g/mol. The molecule has 1 rings (SSSR count). The van der Waals surface area contributed by atoms with E-state index in [2.05, 4.69) is 10.1 Å². The maximum atomic E-state index is 10.9. The Morgan fingerprint density at radius 3 is 3.10 bits per heavy atom. The highest BCUT2D eigenvalue weighted by atomic mass is 16.5. The van der Waals surface area contributed by atoms with Crippen molar-refractivity contribution in [3.05, 3.63) is 12.2 Å². The Morgan fingerprint density at radius 1 is 1.80 bits per heavy atom. The standard InChI is InChI=1S/C7H11NO2/c1-10-7(9)6-3-2-4-8-5-6/h2-3,6,8H,4-5H2,1H3. The first kappa shape index (κ1) is 7.28. The maximum Gasteiger partial charge on any atom is 0.313 e. The van der Waals surface area contributed by atoms with E-state index < -0.39 is 0 Å². The number of hydrogen-bond donors (Lipinski definition) is 1. The quantitative estimate of drug-likeness (QED) is 0.410. The minimum absolute atomic E-state index is 0.0845. The van der Waals surface area contributed by atoms with Gasteiger partial charge in [0.2, 0.25) is 0 Å². The van der Waals surface area contributed by atoms with Crippen LogP contribution in [0.1, 0.15) is 0 Å². The largest absolute Gasteiger partial charge is 0.469 e. The SMILES string of the molecule is COC(=O)C1C=CCNC1. The molecule has 0 radical (unpaired) electrons. The van der Waals surface area contributed by atoms with Crippen molar-refractivity contribution in [2.24, 2.45) is 5.92 Å². The van der Waals surface area contributed by atoms with E-state index >= 15 is 0 Å². The molecule has 0 spiro atoms. The molecular formula is C7H11NO2. The molecule has 0 aromatic carbocycles. The van der Waals surface area contributed by atoms with E-state index in [1.807, 2.05) is 12.2 Å². The van der Waals surface area contributed by atoms with Crippen LogP contribution in [0.3, 0.4) is 0 Å². The Labute approximate surface area is 60.1 Å². The lowest BCUT2D eigenvalue weighted by Gasteiger charge is -2.14. The van der Waals surface area contributed by atoms with Gasteiger partial charge in [-0.2, -0.15) is 0 Å². The topological polar surface area (TPSA) is 38.3 Å². The van der Waals surface area contributed by atoms with Crippen LogP contribution in [0.5, 0.6) is 0 Å². The van der Waals surface area contributed by atoms with Crippen LogP contribution in [0, 0.1) is 5.92 Å². The van der Waals surface area contributed by atoms with E-state index in [1.54, 1.807) is 0 Å². The summed E-state index contributed by atoms with van der Waals surface area (Å²) in [5, 5.41) is 3.06. The van der Waals surface area contributed by atoms with Crippen LogP contribution in [0.15, 0.2) is 12.2 Å². The van der Waals surface area contributed by atoms with Gasteiger partial charge in [0.05, 0.1) is 13.0 Å². The molecule has 0 saturated carbocycles. The molecule has 1 heterocycles. The van der Waals surface area contributed by atoms with Gasteiger partial charge >= 0.3 is 5.97 Å². The molecule has 0 bridgehead atoms. The lowest BCUT2D eigenvalue weighted by molar-refractivity contribution is -0.143. The first-order valence-electron chi connectivity index (χ1n) is 3.30. The van der Waals surface area contributed by atoms with Crippen molar-refractivity contribution in [1.29, 1.82) is 0 Å². The Kier molecular flexibility index (Phi) is 2.45. The van der Waals surface area contributed by atoms with Gasteiger partial charge in [-0.1, -0.05) is 12.2 Å². The van der Waals surface area contributed by atoms with Crippen LogP contribution in [-0.2, 0) is 9.53 Å². The van der Waals surface area contributed by atoms with Gasteiger partial charge in [0.1, 0.15) is 0 Å². The molecule has 0 amide bonds. The lowest BCUT2D eigenvalue weighted by atomic mass is 10.1. The Balaban J connectivity index is 2.46. The van der Waals surface area contributed by atoms with Crippen molar-refractivity contribution < 1.29 is 9.53 Å². The molecule has 1 aliphatic heterocycles. The summed E-state index contributed by atoms with van der Waals surface area (Å²) in [5.74, 6) is -0.248. The molecule has 3 nitrogen and oxygen atoms in total. The Morgan fingerprint density at radius 2 is 2.60 bits per heavy atom. The molecule has 1 unspecified atom stereocenters. The van der Waals surface area contributed by atoms with Crippen molar-refractivity contribution in [2.45, 2.75) is 0 Å². The highest BCUT2D eigenvalue weighted by Crippen LogP contribution is 2.02. The van der Waals surface area contributed by atoms with Crippen LogP contribution in [0.2, 0.25) is 0 Å². The van der Waals surface area contributed by atoms with Gasteiger partial charge in [0.15, 0.2) is 0 Å². The Hall–Kier alpha value is -0.830. The summed E-state index contributed by atoms with van der Waals surface area (Å²) in [6.07, 6.45) is 3.81.